The Bertz CT molecular complexity index is 545. The van der Waals surface area contributed by atoms with Crippen LogP contribution in [0.1, 0.15) is 42.5 Å². The predicted molar refractivity (Wildman–Crippen MR) is 81.2 cm³/mol. The topological polar surface area (TPSA) is 55.4 Å². The van der Waals surface area contributed by atoms with Gasteiger partial charge in [-0.1, -0.05) is 0 Å². The Hall–Kier alpha value is -1.36. The van der Waals surface area contributed by atoms with Crippen molar-refractivity contribution >= 4 is 23.2 Å². The second-order valence-electron chi connectivity index (χ2n) is 6.07. The van der Waals surface area contributed by atoms with Crippen LogP contribution in [0.15, 0.2) is 11.4 Å². The molecule has 1 spiro atoms. The van der Waals surface area contributed by atoms with Gasteiger partial charge in [-0.25, -0.2) is 0 Å². The van der Waals surface area contributed by atoms with Crippen molar-refractivity contribution in [2.24, 2.45) is 5.92 Å². The van der Waals surface area contributed by atoms with Gasteiger partial charge in [0.05, 0.1) is 12.3 Å². The van der Waals surface area contributed by atoms with Crippen LogP contribution in [-0.2, 0) is 20.7 Å². The normalized spacial score (nSPS) is 23.5. The molecule has 1 aromatic rings. The van der Waals surface area contributed by atoms with Gasteiger partial charge in [0.1, 0.15) is 5.60 Å². The van der Waals surface area contributed by atoms with E-state index in [4.69, 9.17) is 4.74 Å². The Morgan fingerprint density at radius 1 is 1.48 bits per heavy atom. The maximum Gasteiger partial charge on any atom is 0.307 e. The summed E-state index contributed by atoms with van der Waals surface area (Å²) in [5.74, 6) is -0.528. The van der Waals surface area contributed by atoms with Gasteiger partial charge in [-0.15, -0.1) is 11.3 Å². The van der Waals surface area contributed by atoms with E-state index in [1.54, 1.807) is 11.3 Å². The maximum absolute atomic E-state index is 12.4. The lowest BCUT2D eigenvalue weighted by Gasteiger charge is -2.27. The molecule has 1 aliphatic heterocycles. The number of amides is 1. The molecule has 4 nitrogen and oxygen atoms in total. The number of aryl methyl sites for hydroxylation is 1. The fraction of sp³-hybridized carbons (Fsp3) is 0.625. The van der Waals surface area contributed by atoms with Gasteiger partial charge in [0.25, 0.3) is 0 Å². The van der Waals surface area contributed by atoms with Crippen molar-refractivity contribution in [3.63, 3.8) is 0 Å². The van der Waals surface area contributed by atoms with Crippen molar-refractivity contribution in [3.05, 3.63) is 21.9 Å². The van der Waals surface area contributed by atoms with Gasteiger partial charge in [0.15, 0.2) is 0 Å². The number of rotatable bonds is 4. The second-order valence-corrected chi connectivity index (χ2v) is 7.07. The smallest absolute Gasteiger partial charge is 0.307 e. The van der Waals surface area contributed by atoms with E-state index in [1.165, 1.54) is 10.4 Å². The maximum atomic E-state index is 12.4. The molecule has 0 radical (unpaired) electrons. The van der Waals surface area contributed by atoms with Crippen LogP contribution in [0.5, 0.6) is 0 Å². The van der Waals surface area contributed by atoms with Crippen LogP contribution in [0.4, 0.5) is 0 Å². The van der Waals surface area contributed by atoms with Gasteiger partial charge in [-0.3, -0.25) is 9.59 Å². The van der Waals surface area contributed by atoms with E-state index in [0.717, 1.165) is 32.1 Å². The molecule has 2 aliphatic rings. The standard InChI is InChI=1S/C16H21NO3S/c1-11-5-9-21-13(11)4-8-17-15(19)12-10-14(18)20-16(12)6-2-3-7-16/h5,9,12H,2-4,6-8,10H2,1H3,(H,17,19)/t12-/m1/s1. The van der Waals surface area contributed by atoms with Gasteiger partial charge >= 0.3 is 5.97 Å². The summed E-state index contributed by atoms with van der Waals surface area (Å²) >= 11 is 1.72. The molecule has 1 atom stereocenters. The lowest BCUT2D eigenvalue weighted by molar-refractivity contribution is -0.149. The molecule has 1 amide bonds. The van der Waals surface area contributed by atoms with Crippen molar-refractivity contribution in [2.75, 3.05) is 6.54 Å². The third-order valence-electron chi connectivity index (χ3n) is 4.71. The number of carbonyl (C=O) groups excluding carboxylic acids is 2. The molecular formula is C16H21NO3S. The Morgan fingerprint density at radius 3 is 2.90 bits per heavy atom. The van der Waals surface area contributed by atoms with Crippen molar-refractivity contribution in [3.8, 4) is 0 Å². The molecule has 1 aromatic heterocycles. The van der Waals surface area contributed by atoms with Crippen LogP contribution < -0.4 is 5.32 Å². The second kappa shape index (κ2) is 5.79. The van der Waals surface area contributed by atoms with Crippen LogP contribution >= 0.6 is 11.3 Å². The summed E-state index contributed by atoms with van der Waals surface area (Å²) in [4.78, 5) is 25.4. The van der Waals surface area contributed by atoms with E-state index >= 15 is 0 Å². The van der Waals surface area contributed by atoms with Crippen molar-refractivity contribution < 1.29 is 14.3 Å². The van der Waals surface area contributed by atoms with Crippen molar-refractivity contribution in [1.82, 2.24) is 5.32 Å². The quantitative estimate of drug-likeness (QED) is 0.870. The van der Waals surface area contributed by atoms with Gasteiger partial charge in [-0.2, -0.15) is 0 Å². The van der Waals surface area contributed by atoms with Crippen molar-refractivity contribution in [1.29, 1.82) is 0 Å². The molecule has 1 N–H and O–H groups in total. The highest BCUT2D eigenvalue weighted by Crippen LogP contribution is 2.45. The summed E-state index contributed by atoms with van der Waals surface area (Å²) < 4.78 is 5.52. The van der Waals surface area contributed by atoms with E-state index in [2.05, 4.69) is 23.7 Å². The summed E-state index contributed by atoms with van der Waals surface area (Å²) in [5, 5.41) is 5.07. The molecule has 0 unspecified atom stereocenters. The zero-order valence-corrected chi connectivity index (χ0v) is 13.1. The van der Waals surface area contributed by atoms with E-state index in [0.29, 0.717) is 6.54 Å². The van der Waals surface area contributed by atoms with Gasteiger partial charge in [-0.05, 0) is 56.0 Å². The first-order valence-electron chi connectivity index (χ1n) is 7.63. The van der Waals surface area contributed by atoms with E-state index in [-0.39, 0.29) is 24.2 Å². The summed E-state index contributed by atoms with van der Waals surface area (Å²) in [6.07, 6.45) is 4.85. The average molecular weight is 307 g/mol. The highest BCUT2D eigenvalue weighted by molar-refractivity contribution is 7.10. The third kappa shape index (κ3) is 2.84. The molecule has 2 heterocycles. The van der Waals surface area contributed by atoms with Crippen molar-refractivity contribution in [2.45, 2.75) is 51.0 Å². The molecule has 0 aromatic carbocycles. The van der Waals surface area contributed by atoms with E-state index < -0.39 is 5.60 Å². The minimum absolute atomic E-state index is 0.0167. The van der Waals surface area contributed by atoms with Crippen LogP contribution in [0, 0.1) is 12.8 Å². The molecular weight excluding hydrogens is 286 g/mol. The molecule has 1 aliphatic carbocycles. The zero-order chi connectivity index (χ0) is 14.9. The Balaban J connectivity index is 1.57. The van der Waals surface area contributed by atoms with Crippen LogP contribution in [0.2, 0.25) is 0 Å². The minimum Gasteiger partial charge on any atom is -0.458 e. The third-order valence-corrected chi connectivity index (χ3v) is 5.79. The van der Waals surface area contributed by atoms with E-state index in [1.807, 2.05) is 0 Å². The van der Waals surface area contributed by atoms with E-state index in [9.17, 15) is 9.59 Å². The molecule has 1 saturated heterocycles. The first-order chi connectivity index (χ1) is 10.1. The number of hydrogen-bond acceptors (Lipinski definition) is 4. The molecule has 114 valence electrons. The molecule has 3 rings (SSSR count). The fourth-order valence-electron chi connectivity index (χ4n) is 3.53. The SMILES string of the molecule is Cc1ccsc1CCNC(=O)[C@H]1CC(=O)OC12CCCC2. The predicted octanol–water partition coefficient (Wildman–Crippen LogP) is 2.59. The fourth-order valence-corrected chi connectivity index (χ4v) is 4.44. The largest absolute Gasteiger partial charge is 0.458 e. The number of hydrogen-bond donors (Lipinski definition) is 1. The van der Waals surface area contributed by atoms with Gasteiger partial charge in [0, 0.05) is 11.4 Å². The Kier molecular flexibility index (Phi) is 4.02. The highest BCUT2D eigenvalue weighted by Gasteiger charge is 2.53. The number of ether oxygens (including phenoxy) is 1. The summed E-state index contributed by atoms with van der Waals surface area (Å²) in [6, 6.07) is 2.10. The highest BCUT2D eigenvalue weighted by atomic mass is 32.1. The van der Waals surface area contributed by atoms with Gasteiger partial charge in [0.2, 0.25) is 5.91 Å². The lowest BCUT2D eigenvalue weighted by atomic mass is 9.85. The summed E-state index contributed by atoms with van der Waals surface area (Å²) in [7, 11) is 0. The van der Waals surface area contributed by atoms with Crippen LogP contribution in [0.25, 0.3) is 0 Å². The number of nitrogens with one attached hydrogen (secondary N) is 1. The number of esters is 1. The molecule has 0 bridgehead atoms. The molecule has 1 saturated carbocycles. The average Bonchev–Trinajstić information content (AvgIpc) is 3.14. The van der Waals surface area contributed by atoms with Crippen LogP contribution in [0.3, 0.4) is 0 Å². The summed E-state index contributed by atoms with van der Waals surface area (Å²) in [6.45, 7) is 2.71. The zero-order valence-electron chi connectivity index (χ0n) is 12.3. The van der Waals surface area contributed by atoms with Gasteiger partial charge < -0.3 is 10.1 Å². The van der Waals surface area contributed by atoms with Crippen LogP contribution in [-0.4, -0.2) is 24.0 Å². The molecule has 5 heteroatoms. The summed E-state index contributed by atoms with van der Waals surface area (Å²) in [5.41, 5.74) is 0.779. The minimum atomic E-state index is -0.500. The number of thiophene rings is 1. The first-order valence-corrected chi connectivity index (χ1v) is 8.51. The Morgan fingerprint density at radius 2 is 2.24 bits per heavy atom. The molecule has 21 heavy (non-hydrogen) atoms. The molecule has 2 fully saturated rings. The Labute approximate surface area is 128 Å². The first kappa shape index (κ1) is 14.6. The lowest BCUT2D eigenvalue weighted by Crippen LogP contribution is -2.43. The number of carbonyl (C=O) groups is 2. The monoisotopic (exact) mass is 307 g/mol.